The highest BCUT2D eigenvalue weighted by atomic mass is 16.6. The van der Waals surface area contributed by atoms with Crippen LogP contribution in [-0.2, 0) is 14.2 Å². The Labute approximate surface area is 170 Å². The summed E-state index contributed by atoms with van der Waals surface area (Å²) in [4.78, 5) is 34.6. The van der Waals surface area contributed by atoms with Gasteiger partial charge in [-0.05, 0) is 51.5 Å². The highest BCUT2D eigenvalue weighted by molar-refractivity contribution is 5.89. The number of allylic oxidation sites excluding steroid dienone is 1. The lowest BCUT2D eigenvalue weighted by Gasteiger charge is -2.18. The second kappa shape index (κ2) is 12.4. The molecule has 0 fully saturated rings. The van der Waals surface area contributed by atoms with Crippen molar-refractivity contribution in [2.24, 2.45) is 0 Å². The Morgan fingerprint density at radius 1 is 1.10 bits per heavy atom. The van der Waals surface area contributed by atoms with Gasteiger partial charge in [0.2, 0.25) is 0 Å². The molecular weight excluding hydrogens is 380 g/mol. The standard InChI is InChI=1S/C20H28N2O7/c1-13(2)28-19(24)21-11-10-15(4)27-12-14(3)22-20(25)29-17-8-6-16(7-9-17)18(23)26-5/h6-9,14-15H,1,10-12H2,2-5H3,(H,21,24)(H,22,25). The van der Waals surface area contributed by atoms with E-state index in [1.54, 1.807) is 13.8 Å². The fourth-order valence-electron chi connectivity index (χ4n) is 2.12. The molecule has 0 aliphatic carbocycles. The van der Waals surface area contributed by atoms with Crippen LogP contribution in [0.4, 0.5) is 9.59 Å². The van der Waals surface area contributed by atoms with E-state index < -0.39 is 18.2 Å². The summed E-state index contributed by atoms with van der Waals surface area (Å²) in [6.45, 7) is 9.36. The Balaban J connectivity index is 2.27. The number of hydrogen-bond acceptors (Lipinski definition) is 7. The summed E-state index contributed by atoms with van der Waals surface area (Å²) >= 11 is 0. The Hall–Kier alpha value is -3.07. The number of rotatable bonds is 10. The van der Waals surface area contributed by atoms with Gasteiger partial charge in [-0.3, -0.25) is 0 Å². The Kier molecular flexibility index (Phi) is 10.2. The van der Waals surface area contributed by atoms with Crippen LogP contribution in [0.15, 0.2) is 36.6 Å². The quantitative estimate of drug-likeness (QED) is 0.452. The van der Waals surface area contributed by atoms with Crippen molar-refractivity contribution in [3.8, 4) is 5.75 Å². The van der Waals surface area contributed by atoms with Crippen molar-refractivity contribution in [2.75, 3.05) is 20.3 Å². The van der Waals surface area contributed by atoms with Crippen molar-refractivity contribution in [2.45, 2.75) is 39.3 Å². The molecule has 0 bridgehead atoms. The molecular formula is C20H28N2O7. The number of esters is 1. The van der Waals surface area contributed by atoms with E-state index in [4.69, 9.17) is 14.2 Å². The van der Waals surface area contributed by atoms with E-state index in [1.807, 2.05) is 6.92 Å². The Morgan fingerprint density at radius 2 is 1.76 bits per heavy atom. The van der Waals surface area contributed by atoms with Crippen molar-refractivity contribution in [1.82, 2.24) is 10.6 Å². The van der Waals surface area contributed by atoms with Gasteiger partial charge in [0, 0.05) is 6.54 Å². The average molecular weight is 408 g/mol. The SMILES string of the molecule is C=C(C)OC(=O)NCCC(C)OCC(C)NC(=O)Oc1ccc(C(=O)OC)cc1. The molecule has 2 amide bonds. The molecule has 2 unspecified atom stereocenters. The number of hydrogen-bond donors (Lipinski definition) is 2. The summed E-state index contributed by atoms with van der Waals surface area (Å²) in [5.41, 5.74) is 0.360. The number of methoxy groups -OCH3 is 1. The topological polar surface area (TPSA) is 112 Å². The smallest absolute Gasteiger partial charge is 0.412 e. The molecule has 160 valence electrons. The maximum absolute atomic E-state index is 11.9. The van der Waals surface area contributed by atoms with Crippen LogP contribution in [0.5, 0.6) is 5.75 Å². The van der Waals surface area contributed by atoms with E-state index in [0.29, 0.717) is 30.0 Å². The first-order valence-electron chi connectivity index (χ1n) is 9.10. The van der Waals surface area contributed by atoms with Crippen LogP contribution in [0.2, 0.25) is 0 Å². The zero-order chi connectivity index (χ0) is 21.8. The summed E-state index contributed by atoms with van der Waals surface area (Å²) in [5, 5.41) is 5.24. The summed E-state index contributed by atoms with van der Waals surface area (Å²) in [5.74, 6) is 0.145. The normalized spacial score (nSPS) is 12.3. The van der Waals surface area contributed by atoms with E-state index in [9.17, 15) is 14.4 Å². The number of benzene rings is 1. The molecule has 0 heterocycles. The van der Waals surface area contributed by atoms with E-state index >= 15 is 0 Å². The van der Waals surface area contributed by atoms with Crippen LogP contribution in [-0.4, -0.2) is 50.6 Å². The van der Waals surface area contributed by atoms with Crippen LogP contribution in [0.1, 0.15) is 37.6 Å². The van der Waals surface area contributed by atoms with Gasteiger partial charge < -0.3 is 29.6 Å². The first-order valence-corrected chi connectivity index (χ1v) is 9.10. The van der Waals surface area contributed by atoms with Crippen LogP contribution in [0, 0.1) is 0 Å². The zero-order valence-corrected chi connectivity index (χ0v) is 17.2. The van der Waals surface area contributed by atoms with Gasteiger partial charge in [-0.15, -0.1) is 0 Å². The first-order chi connectivity index (χ1) is 13.7. The van der Waals surface area contributed by atoms with Crippen molar-refractivity contribution in [3.63, 3.8) is 0 Å². The monoisotopic (exact) mass is 408 g/mol. The number of ether oxygens (including phenoxy) is 4. The summed E-state index contributed by atoms with van der Waals surface area (Å²) in [6.07, 6.45) is -0.744. The molecule has 1 aromatic carbocycles. The van der Waals surface area contributed by atoms with Crippen LogP contribution in [0.25, 0.3) is 0 Å². The molecule has 1 aromatic rings. The fraction of sp³-hybridized carbons (Fsp3) is 0.450. The van der Waals surface area contributed by atoms with Gasteiger partial charge in [0.05, 0.1) is 37.2 Å². The van der Waals surface area contributed by atoms with Crippen molar-refractivity contribution in [1.29, 1.82) is 0 Å². The van der Waals surface area contributed by atoms with Crippen molar-refractivity contribution < 1.29 is 33.3 Å². The van der Waals surface area contributed by atoms with E-state index in [2.05, 4.69) is 21.9 Å². The van der Waals surface area contributed by atoms with Gasteiger partial charge in [-0.2, -0.15) is 0 Å². The molecule has 0 spiro atoms. The van der Waals surface area contributed by atoms with Gasteiger partial charge in [0.25, 0.3) is 0 Å². The minimum absolute atomic E-state index is 0.133. The minimum atomic E-state index is -0.635. The van der Waals surface area contributed by atoms with Crippen molar-refractivity contribution >= 4 is 18.2 Å². The van der Waals surface area contributed by atoms with Crippen LogP contribution in [0.3, 0.4) is 0 Å². The second-order valence-electron chi connectivity index (χ2n) is 6.40. The van der Waals surface area contributed by atoms with E-state index in [1.165, 1.54) is 31.4 Å². The molecule has 9 nitrogen and oxygen atoms in total. The summed E-state index contributed by atoms with van der Waals surface area (Å²) < 4.78 is 20.2. The molecule has 0 saturated carbocycles. The Morgan fingerprint density at radius 3 is 2.34 bits per heavy atom. The number of alkyl carbamates (subject to hydrolysis) is 1. The highest BCUT2D eigenvalue weighted by Gasteiger charge is 2.13. The zero-order valence-electron chi connectivity index (χ0n) is 17.2. The van der Waals surface area contributed by atoms with Crippen molar-refractivity contribution in [3.05, 3.63) is 42.2 Å². The van der Waals surface area contributed by atoms with E-state index in [-0.39, 0.29) is 18.8 Å². The van der Waals surface area contributed by atoms with Gasteiger partial charge in [0.15, 0.2) is 0 Å². The molecule has 1 rings (SSSR count). The summed E-state index contributed by atoms with van der Waals surface area (Å²) in [7, 11) is 1.29. The molecule has 0 saturated heterocycles. The fourth-order valence-corrected chi connectivity index (χ4v) is 2.12. The second-order valence-corrected chi connectivity index (χ2v) is 6.40. The van der Waals surface area contributed by atoms with Gasteiger partial charge in [0.1, 0.15) is 5.75 Å². The molecule has 29 heavy (non-hydrogen) atoms. The summed E-state index contributed by atoms with van der Waals surface area (Å²) in [6, 6.07) is 5.72. The third-order valence-electron chi connectivity index (χ3n) is 3.57. The molecule has 9 heteroatoms. The lowest BCUT2D eigenvalue weighted by molar-refractivity contribution is 0.0479. The molecule has 2 atom stereocenters. The molecule has 0 aliphatic heterocycles. The average Bonchev–Trinajstić information content (AvgIpc) is 2.65. The number of nitrogens with one attached hydrogen (secondary N) is 2. The number of carbonyl (C=O) groups excluding carboxylic acids is 3. The third kappa shape index (κ3) is 10.2. The van der Waals surface area contributed by atoms with Gasteiger partial charge in [-0.25, -0.2) is 14.4 Å². The molecule has 0 radical (unpaired) electrons. The minimum Gasteiger partial charge on any atom is -0.465 e. The van der Waals surface area contributed by atoms with Gasteiger partial charge in [-0.1, -0.05) is 6.58 Å². The molecule has 0 aromatic heterocycles. The molecule has 2 N–H and O–H groups in total. The third-order valence-corrected chi connectivity index (χ3v) is 3.57. The number of carbonyl (C=O) groups is 3. The maximum Gasteiger partial charge on any atom is 0.412 e. The van der Waals surface area contributed by atoms with E-state index in [0.717, 1.165) is 0 Å². The lowest BCUT2D eigenvalue weighted by Crippen LogP contribution is -2.38. The van der Waals surface area contributed by atoms with Crippen LogP contribution >= 0.6 is 0 Å². The maximum atomic E-state index is 11.9. The number of amides is 2. The predicted molar refractivity (Wildman–Crippen MR) is 106 cm³/mol. The highest BCUT2D eigenvalue weighted by Crippen LogP contribution is 2.13. The lowest BCUT2D eigenvalue weighted by atomic mass is 10.2. The first kappa shape index (κ1) is 24.0. The van der Waals surface area contributed by atoms with Gasteiger partial charge >= 0.3 is 18.2 Å². The predicted octanol–water partition coefficient (Wildman–Crippen LogP) is 3.01. The molecule has 0 aliphatic rings. The Bertz CT molecular complexity index is 703. The largest absolute Gasteiger partial charge is 0.465 e. The van der Waals surface area contributed by atoms with Crippen LogP contribution < -0.4 is 15.4 Å².